The van der Waals surface area contributed by atoms with Crippen LogP contribution in [0.5, 0.6) is 0 Å². The zero-order valence-corrected chi connectivity index (χ0v) is 9.49. The lowest BCUT2D eigenvalue weighted by atomic mass is 10.0. The minimum atomic E-state index is 0.922. The van der Waals surface area contributed by atoms with E-state index in [0.29, 0.717) is 0 Å². The van der Waals surface area contributed by atoms with Gasteiger partial charge in [0.1, 0.15) is 0 Å². The van der Waals surface area contributed by atoms with Gasteiger partial charge in [0.2, 0.25) is 0 Å². The smallest absolute Gasteiger partial charge is 0.00338 e. The number of hydrogen-bond acceptors (Lipinski definition) is 0. The second-order valence-electron chi connectivity index (χ2n) is 3.43. The predicted octanol–water partition coefficient (Wildman–Crippen LogP) is 4.38. The maximum atomic E-state index is 3.47. The first-order valence-corrected chi connectivity index (χ1v) is 5.99. The summed E-state index contributed by atoms with van der Waals surface area (Å²) < 4.78 is 0. The van der Waals surface area contributed by atoms with Crippen LogP contribution in [-0.2, 0) is 0 Å². The van der Waals surface area contributed by atoms with E-state index in [9.17, 15) is 0 Å². The van der Waals surface area contributed by atoms with Crippen LogP contribution >= 0.6 is 15.9 Å². The number of rotatable bonds is 7. The van der Waals surface area contributed by atoms with E-state index >= 15 is 0 Å². The summed E-state index contributed by atoms with van der Waals surface area (Å²) in [6.07, 6.45) is 8.40. The molecule has 0 aliphatic carbocycles. The van der Waals surface area contributed by atoms with Crippen LogP contribution in [0, 0.1) is 5.92 Å². The van der Waals surface area contributed by atoms with Crippen LogP contribution in [0.2, 0.25) is 0 Å². The molecule has 0 rings (SSSR count). The van der Waals surface area contributed by atoms with Crippen molar-refractivity contribution < 1.29 is 0 Å². The third kappa shape index (κ3) is 8.39. The second kappa shape index (κ2) is 8.58. The van der Waals surface area contributed by atoms with Gasteiger partial charge in [0.25, 0.3) is 0 Å². The number of unbranched alkanes of at least 4 members (excludes halogenated alkanes) is 3. The Bertz CT molecular complexity index is 71.3. The van der Waals surface area contributed by atoms with Crippen molar-refractivity contribution >= 4 is 15.9 Å². The van der Waals surface area contributed by atoms with Crippen molar-refractivity contribution in [3.05, 3.63) is 0 Å². The van der Waals surface area contributed by atoms with Gasteiger partial charge in [-0.2, -0.15) is 0 Å². The highest BCUT2D eigenvalue weighted by atomic mass is 79.9. The molecule has 1 atom stereocenters. The maximum absolute atomic E-state index is 3.47. The van der Waals surface area contributed by atoms with Crippen molar-refractivity contribution in [1.82, 2.24) is 0 Å². The summed E-state index contributed by atoms with van der Waals surface area (Å²) in [7, 11) is 0. The molecule has 0 saturated heterocycles. The highest BCUT2D eigenvalue weighted by molar-refractivity contribution is 9.09. The molecule has 0 fully saturated rings. The predicted molar refractivity (Wildman–Crippen MR) is 56.3 cm³/mol. The lowest BCUT2D eigenvalue weighted by molar-refractivity contribution is 0.481. The van der Waals surface area contributed by atoms with Crippen LogP contribution in [0.3, 0.4) is 0 Å². The molecule has 0 radical (unpaired) electrons. The van der Waals surface area contributed by atoms with E-state index in [-0.39, 0.29) is 0 Å². The molecule has 1 heteroatoms. The summed E-state index contributed by atoms with van der Waals surface area (Å²) in [5, 5.41) is 1.17. The number of alkyl halides is 1. The molecule has 0 amide bonds. The Balaban J connectivity index is 2.97. The normalized spacial score (nSPS) is 13.4. The van der Waals surface area contributed by atoms with Crippen molar-refractivity contribution in [1.29, 1.82) is 0 Å². The topological polar surface area (TPSA) is 0 Å². The summed E-state index contributed by atoms with van der Waals surface area (Å²) in [5.41, 5.74) is 0. The molecule has 0 heterocycles. The first-order valence-electron chi connectivity index (χ1n) is 4.87. The Morgan fingerprint density at radius 3 is 2.36 bits per heavy atom. The SMILES string of the molecule is CCCCCCC(C)CCBr. The van der Waals surface area contributed by atoms with Crippen LogP contribution in [0.1, 0.15) is 52.4 Å². The number of hydrogen-bond donors (Lipinski definition) is 0. The molecule has 0 N–H and O–H groups in total. The van der Waals surface area contributed by atoms with Crippen molar-refractivity contribution in [2.75, 3.05) is 5.33 Å². The van der Waals surface area contributed by atoms with Crippen LogP contribution < -0.4 is 0 Å². The molecule has 0 aromatic rings. The average Bonchev–Trinajstić information content (AvgIpc) is 1.99. The highest BCUT2D eigenvalue weighted by Crippen LogP contribution is 2.14. The van der Waals surface area contributed by atoms with Gasteiger partial charge in [-0.05, 0) is 12.3 Å². The van der Waals surface area contributed by atoms with Crippen molar-refractivity contribution in [3.8, 4) is 0 Å². The Kier molecular flexibility index (Phi) is 8.95. The van der Waals surface area contributed by atoms with Crippen LogP contribution in [0.15, 0.2) is 0 Å². The molecule has 68 valence electrons. The average molecular weight is 221 g/mol. The first kappa shape index (κ1) is 11.5. The minimum Gasteiger partial charge on any atom is -0.0928 e. The lowest BCUT2D eigenvalue weighted by Gasteiger charge is -2.07. The van der Waals surface area contributed by atoms with Gasteiger partial charge in [-0.1, -0.05) is 61.9 Å². The summed E-state index contributed by atoms with van der Waals surface area (Å²) in [4.78, 5) is 0. The molecular formula is C10H21Br. The molecule has 11 heavy (non-hydrogen) atoms. The maximum Gasteiger partial charge on any atom is 0.00338 e. The van der Waals surface area contributed by atoms with E-state index < -0.39 is 0 Å². The van der Waals surface area contributed by atoms with E-state index in [1.807, 2.05) is 0 Å². The van der Waals surface area contributed by atoms with Crippen molar-refractivity contribution in [2.45, 2.75) is 52.4 Å². The fraction of sp³-hybridized carbons (Fsp3) is 1.00. The van der Waals surface area contributed by atoms with Gasteiger partial charge < -0.3 is 0 Å². The van der Waals surface area contributed by atoms with Crippen LogP contribution in [0.4, 0.5) is 0 Å². The van der Waals surface area contributed by atoms with E-state index in [0.717, 1.165) is 5.92 Å². The van der Waals surface area contributed by atoms with E-state index in [1.165, 1.54) is 43.9 Å². The monoisotopic (exact) mass is 220 g/mol. The van der Waals surface area contributed by atoms with Gasteiger partial charge in [-0.3, -0.25) is 0 Å². The Hall–Kier alpha value is 0.480. The zero-order chi connectivity index (χ0) is 8.53. The molecule has 0 saturated carbocycles. The summed E-state index contributed by atoms with van der Waals surface area (Å²) >= 11 is 3.47. The largest absolute Gasteiger partial charge is 0.0928 e. The fourth-order valence-electron chi connectivity index (χ4n) is 1.25. The second-order valence-corrected chi connectivity index (χ2v) is 4.23. The van der Waals surface area contributed by atoms with E-state index in [4.69, 9.17) is 0 Å². The number of halogens is 1. The van der Waals surface area contributed by atoms with Crippen LogP contribution in [0.25, 0.3) is 0 Å². The van der Waals surface area contributed by atoms with Crippen molar-refractivity contribution in [2.24, 2.45) is 5.92 Å². The molecule has 0 aliphatic rings. The summed E-state index contributed by atoms with van der Waals surface area (Å²) in [6.45, 7) is 4.62. The summed E-state index contributed by atoms with van der Waals surface area (Å²) in [5.74, 6) is 0.922. The molecule has 0 aliphatic heterocycles. The third-order valence-corrected chi connectivity index (χ3v) is 2.61. The third-order valence-electron chi connectivity index (χ3n) is 2.15. The summed E-state index contributed by atoms with van der Waals surface area (Å²) in [6, 6.07) is 0. The van der Waals surface area contributed by atoms with Crippen LogP contribution in [-0.4, -0.2) is 5.33 Å². The quantitative estimate of drug-likeness (QED) is 0.442. The molecule has 0 aromatic heterocycles. The first-order chi connectivity index (χ1) is 5.31. The standard InChI is InChI=1S/C10H21Br/c1-3-4-5-6-7-10(2)8-9-11/h10H,3-9H2,1-2H3. The van der Waals surface area contributed by atoms with Gasteiger partial charge in [0, 0.05) is 5.33 Å². The Morgan fingerprint density at radius 2 is 1.82 bits per heavy atom. The Labute approximate surface area is 79.9 Å². The molecule has 0 aromatic carbocycles. The molecule has 0 spiro atoms. The van der Waals surface area contributed by atoms with Gasteiger partial charge in [-0.25, -0.2) is 0 Å². The van der Waals surface area contributed by atoms with Crippen molar-refractivity contribution in [3.63, 3.8) is 0 Å². The van der Waals surface area contributed by atoms with Gasteiger partial charge in [0.15, 0.2) is 0 Å². The minimum absolute atomic E-state index is 0.922. The van der Waals surface area contributed by atoms with Gasteiger partial charge in [0.05, 0.1) is 0 Å². The molecular weight excluding hydrogens is 200 g/mol. The Morgan fingerprint density at radius 1 is 1.09 bits per heavy atom. The molecule has 1 unspecified atom stereocenters. The fourth-order valence-corrected chi connectivity index (χ4v) is 2.03. The molecule has 0 nitrogen and oxygen atoms in total. The lowest BCUT2D eigenvalue weighted by Crippen LogP contribution is -1.94. The zero-order valence-electron chi connectivity index (χ0n) is 7.91. The highest BCUT2D eigenvalue weighted by Gasteiger charge is 1.99. The van der Waals surface area contributed by atoms with E-state index in [2.05, 4.69) is 29.8 Å². The van der Waals surface area contributed by atoms with E-state index in [1.54, 1.807) is 0 Å². The molecule has 0 bridgehead atoms. The van der Waals surface area contributed by atoms with Gasteiger partial charge >= 0.3 is 0 Å². The van der Waals surface area contributed by atoms with Gasteiger partial charge in [-0.15, -0.1) is 0 Å².